The Morgan fingerprint density at radius 3 is 2.41 bits per heavy atom. The van der Waals surface area contributed by atoms with Gasteiger partial charge in [0.1, 0.15) is 6.54 Å². The predicted molar refractivity (Wildman–Crippen MR) is 113 cm³/mol. The summed E-state index contributed by atoms with van der Waals surface area (Å²) in [5.74, 6) is -0.592. The van der Waals surface area contributed by atoms with Gasteiger partial charge in [-0.05, 0) is 49.7 Å². The summed E-state index contributed by atoms with van der Waals surface area (Å²) in [5.41, 5.74) is 4.40. The minimum Gasteiger partial charge on any atom is -0.326 e. The van der Waals surface area contributed by atoms with E-state index in [0.29, 0.717) is 17.1 Å². The van der Waals surface area contributed by atoms with Gasteiger partial charge in [0.15, 0.2) is 0 Å². The standard InChI is InChI=1S/C22H22N4O3/c1-14-7-8-15(2)19(11-14)20-9-10-22(29)26(25-20)13-21(28)24-18-6-4-5-17(12-18)23-16(3)27/h4-12H,13H2,1-3H3,(H,23,27)(H,24,28). The second-order valence-corrected chi connectivity index (χ2v) is 6.84. The van der Waals surface area contributed by atoms with Crippen LogP contribution in [-0.4, -0.2) is 21.6 Å². The van der Waals surface area contributed by atoms with Gasteiger partial charge >= 0.3 is 0 Å². The van der Waals surface area contributed by atoms with E-state index in [9.17, 15) is 14.4 Å². The monoisotopic (exact) mass is 390 g/mol. The third-order valence-electron chi connectivity index (χ3n) is 4.30. The van der Waals surface area contributed by atoms with Crippen LogP contribution >= 0.6 is 0 Å². The predicted octanol–water partition coefficient (Wildman–Crippen LogP) is 3.12. The third kappa shape index (κ3) is 5.16. The normalized spacial score (nSPS) is 10.4. The highest BCUT2D eigenvalue weighted by atomic mass is 16.2. The lowest BCUT2D eigenvalue weighted by Gasteiger charge is -2.11. The van der Waals surface area contributed by atoms with Crippen LogP contribution in [0.5, 0.6) is 0 Å². The molecule has 2 aromatic carbocycles. The van der Waals surface area contributed by atoms with Gasteiger partial charge in [-0.2, -0.15) is 5.10 Å². The Bertz CT molecular complexity index is 1130. The molecule has 29 heavy (non-hydrogen) atoms. The molecule has 7 nitrogen and oxygen atoms in total. The van der Waals surface area contributed by atoms with Gasteiger partial charge in [-0.1, -0.05) is 23.8 Å². The summed E-state index contributed by atoms with van der Waals surface area (Å²) in [6, 6.07) is 15.9. The summed E-state index contributed by atoms with van der Waals surface area (Å²) in [7, 11) is 0. The van der Waals surface area contributed by atoms with E-state index in [1.807, 2.05) is 32.0 Å². The van der Waals surface area contributed by atoms with Crippen molar-refractivity contribution in [3.8, 4) is 11.3 Å². The van der Waals surface area contributed by atoms with E-state index in [1.165, 1.54) is 13.0 Å². The van der Waals surface area contributed by atoms with E-state index in [1.54, 1.807) is 30.3 Å². The highest BCUT2D eigenvalue weighted by molar-refractivity contribution is 5.93. The zero-order valence-corrected chi connectivity index (χ0v) is 16.5. The molecule has 1 heterocycles. The molecule has 2 N–H and O–H groups in total. The van der Waals surface area contributed by atoms with Crippen LogP contribution in [0, 0.1) is 13.8 Å². The van der Waals surface area contributed by atoms with Crippen LogP contribution in [0.1, 0.15) is 18.1 Å². The maximum absolute atomic E-state index is 12.4. The van der Waals surface area contributed by atoms with Crippen LogP contribution in [0.25, 0.3) is 11.3 Å². The molecule has 0 radical (unpaired) electrons. The Morgan fingerprint density at radius 2 is 1.69 bits per heavy atom. The molecule has 7 heteroatoms. The average molecular weight is 390 g/mol. The van der Waals surface area contributed by atoms with Crippen molar-refractivity contribution >= 4 is 23.2 Å². The fourth-order valence-corrected chi connectivity index (χ4v) is 2.93. The van der Waals surface area contributed by atoms with Crippen molar-refractivity contribution in [2.24, 2.45) is 0 Å². The van der Waals surface area contributed by atoms with Gasteiger partial charge in [0, 0.05) is 29.9 Å². The average Bonchev–Trinajstić information content (AvgIpc) is 2.65. The Hall–Kier alpha value is -3.74. The second kappa shape index (κ2) is 8.52. The van der Waals surface area contributed by atoms with Gasteiger partial charge in [-0.15, -0.1) is 0 Å². The molecule has 0 atom stereocenters. The molecule has 0 aliphatic heterocycles. The summed E-state index contributed by atoms with van der Waals surface area (Å²) < 4.78 is 1.14. The minimum atomic E-state index is -0.391. The van der Waals surface area contributed by atoms with E-state index in [-0.39, 0.29) is 18.0 Å². The largest absolute Gasteiger partial charge is 0.326 e. The molecular formula is C22H22N4O3. The van der Waals surface area contributed by atoms with Crippen molar-refractivity contribution < 1.29 is 9.59 Å². The van der Waals surface area contributed by atoms with Gasteiger partial charge in [-0.3, -0.25) is 14.4 Å². The Morgan fingerprint density at radius 1 is 0.966 bits per heavy atom. The van der Waals surface area contributed by atoms with Gasteiger partial charge in [0.25, 0.3) is 5.56 Å². The van der Waals surface area contributed by atoms with E-state index in [4.69, 9.17) is 0 Å². The molecule has 0 aliphatic carbocycles. The second-order valence-electron chi connectivity index (χ2n) is 6.84. The van der Waals surface area contributed by atoms with Crippen molar-refractivity contribution in [2.75, 3.05) is 10.6 Å². The van der Waals surface area contributed by atoms with Crippen LogP contribution < -0.4 is 16.2 Å². The SMILES string of the molecule is CC(=O)Nc1cccc(NC(=O)Cn2nc(-c3cc(C)ccc3C)ccc2=O)c1. The number of carbonyl (C=O) groups is 2. The van der Waals surface area contributed by atoms with Crippen LogP contribution in [0.2, 0.25) is 0 Å². The summed E-state index contributed by atoms with van der Waals surface area (Å²) >= 11 is 0. The molecule has 0 aliphatic rings. The molecule has 0 spiro atoms. The number of amides is 2. The molecule has 0 bridgehead atoms. The topological polar surface area (TPSA) is 93.1 Å². The maximum atomic E-state index is 12.4. The highest BCUT2D eigenvalue weighted by Crippen LogP contribution is 2.21. The number of hydrogen-bond donors (Lipinski definition) is 2. The fourth-order valence-electron chi connectivity index (χ4n) is 2.93. The highest BCUT2D eigenvalue weighted by Gasteiger charge is 2.10. The first-order valence-electron chi connectivity index (χ1n) is 9.15. The molecule has 0 unspecified atom stereocenters. The molecule has 0 saturated heterocycles. The smallest absolute Gasteiger partial charge is 0.267 e. The first-order chi connectivity index (χ1) is 13.8. The van der Waals surface area contributed by atoms with Gasteiger partial charge in [-0.25, -0.2) is 4.68 Å². The van der Waals surface area contributed by atoms with Crippen LogP contribution in [-0.2, 0) is 16.1 Å². The van der Waals surface area contributed by atoms with Crippen LogP contribution in [0.3, 0.4) is 0 Å². The molecule has 148 valence electrons. The number of aromatic nitrogens is 2. The van der Waals surface area contributed by atoms with Crippen molar-refractivity contribution in [2.45, 2.75) is 27.3 Å². The minimum absolute atomic E-state index is 0.201. The quantitative estimate of drug-likeness (QED) is 0.700. The van der Waals surface area contributed by atoms with Gasteiger partial charge in [0.05, 0.1) is 5.69 Å². The van der Waals surface area contributed by atoms with Crippen molar-refractivity contribution in [3.05, 3.63) is 76.1 Å². The molecule has 3 rings (SSSR count). The van der Waals surface area contributed by atoms with E-state index in [2.05, 4.69) is 15.7 Å². The zero-order chi connectivity index (χ0) is 21.0. The Labute approximate surface area is 168 Å². The number of aryl methyl sites for hydroxylation is 2. The van der Waals surface area contributed by atoms with Crippen molar-refractivity contribution in [3.63, 3.8) is 0 Å². The Balaban J connectivity index is 1.79. The number of nitrogens with zero attached hydrogens (tertiary/aromatic N) is 2. The first-order valence-corrected chi connectivity index (χ1v) is 9.15. The van der Waals surface area contributed by atoms with E-state index < -0.39 is 5.91 Å². The van der Waals surface area contributed by atoms with Crippen LogP contribution in [0.15, 0.2) is 59.4 Å². The lowest BCUT2D eigenvalue weighted by Crippen LogP contribution is -2.29. The molecule has 2 amide bonds. The van der Waals surface area contributed by atoms with E-state index in [0.717, 1.165) is 21.4 Å². The number of hydrogen-bond acceptors (Lipinski definition) is 4. The number of anilines is 2. The van der Waals surface area contributed by atoms with Gasteiger partial charge < -0.3 is 10.6 Å². The maximum Gasteiger partial charge on any atom is 0.267 e. The lowest BCUT2D eigenvalue weighted by molar-refractivity contribution is -0.117. The van der Waals surface area contributed by atoms with Gasteiger partial charge in [0.2, 0.25) is 11.8 Å². The number of nitrogens with one attached hydrogen (secondary N) is 2. The van der Waals surface area contributed by atoms with E-state index >= 15 is 0 Å². The fraction of sp³-hybridized carbons (Fsp3) is 0.182. The number of carbonyl (C=O) groups excluding carboxylic acids is 2. The summed E-state index contributed by atoms with van der Waals surface area (Å²) in [4.78, 5) is 35.8. The summed E-state index contributed by atoms with van der Waals surface area (Å²) in [6.45, 7) is 5.15. The molecule has 0 fully saturated rings. The number of rotatable bonds is 5. The summed E-state index contributed by atoms with van der Waals surface area (Å²) in [5, 5.41) is 9.75. The van der Waals surface area contributed by atoms with Crippen molar-refractivity contribution in [1.29, 1.82) is 0 Å². The zero-order valence-electron chi connectivity index (χ0n) is 16.5. The molecule has 3 aromatic rings. The third-order valence-corrected chi connectivity index (χ3v) is 4.30. The molecule has 0 saturated carbocycles. The molecule has 1 aromatic heterocycles. The summed E-state index contributed by atoms with van der Waals surface area (Å²) in [6.07, 6.45) is 0. The first kappa shape index (κ1) is 20.0. The lowest BCUT2D eigenvalue weighted by atomic mass is 10.0. The Kier molecular flexibility index (Phi) is 5.87. The van der Waals surface area contributed by atoms with Crippen molar-refractivity contribution in [1.82, 2.24) is 9.78 Å². The molecular weight excluding hydrogens is 368 g/mol. The van der Waals surface area contributed by atoms with Crippen LogP contribution in [0.4, 0.5) is 11.4 Å². The number of benzene rings is 2.